The lowest BCUT2D eigenvalue weighted by Gasteiger charge is -2.33. The standard InChI is InChI=1S/C23H26N2O6S2/c1-23(2)25(33(29,30)21-13-7-4-8-14-21)19(17-31-23)16-18-10-9-15-24(22(18)26)32(27,28)20-11-5-3-6-12-20/h3-8,10-14,19H,9,15-17H2,1-2H3/t19-/m1/s1. The van der Waals surface area contributed by atoms with E-state index in [4.69, 9.17) is 4.74 Å². The molecule has 2 aliphatic rings. The minimum absolute atomic E-state index is 0.0399. The first kappa shape index (κ1) is 23.6. The van der Waals surface area contributed by atoms with Gasteiger partial charge in [-0.25, -0.2) is 21.1 Å². The zero-order chi connectivity index (χ0) is 23.9. The molecule has 2 aromatic carbocycles. The molecule has 1 atom stereocenters. The Hall–Kier alpha value is -2.53. The summed E-state index contributed by atoms with van der Waals surface area (Å²) in [6.07, 6.45) is 2.10. The molecule has 2 aromatic rings. The number of benzene rings is 2. The highest BCUT2D eigenvalue weighted by molar-refractivity contribution is 7.89. The van der Waals surface area contributed by atoms with Gasteiger partial charge >= 0.3 is 0 Å². The maximum Gasteiger partial charge on any atom is 0.266 e. The lowest BCUT2D eigenvalue weighted by molar-refractivity contribution is -0.123. The van der Waals surface area contributed by atoms with Crippen LogP contribution in [0.4, 0.5) is 0 Å². The van der Waals surface area contributed by atoms with E-state index in [-0.39, 0.29) is 34.9 Å². The van der Waals surface area contributed by atoms with Crippen LogP contribution in [-0.2, 0) is 29.6 Å². The van der Waals surface area contributed by atoms with Crippen LogP contribution in [0.1, 0.15) is 26.7 Å². The Morgan fingerprint density at radius 1 is 0.909 bits per heavy atom. The van der Waals surface area contributed by atoms with Crippen molar-refractivity contribution in [3.63, 3.8) is 0 Å². The van der Waals surface area contributed by atoms with Gasteiger partial charge in [0.2, 0.25) is 10.0 Å². The molecule has 8 nitrogen and oxygen atoms in total. The summed E-state index contributed by atoms with van der Waals surface area (Å²) in [7, 11) is -7.92. The number of hydrogen-bond acceptors (Lipinski definition) is 6. The first-order valence-electron chi connectivity index (χ1n) is 10.6. The van der Waals surface area contributed by atoms with Crippen LogP contribution in [0.15, 0.2) is 82.1 Å². The predicted molar refractivity (Wildman–Crippen MR) is 122 cm³/mol. The van der Waals surface area contributed by atoms with Crippen LogP contribution in [0.3, 0.4) is 0 Å². The summed E-state index contributed by atoms with van der Waals surface area (Å²) in [6, 6.07) is 15.2. The number of amides is 1. The molecule has 0 unspecified atom stereocenters. The number of carbonyl (C=O) groups is 1. The van der Waals surface area contributed by atoms with Crippen LogP contribution < -0.4 is 0 Å². The van der Waals surface area contributed by atoms with E-state index in [1.54, 1.807) is 56.3 Å². The molecule has 0 aliphatic carbocycles. The van der Waals surface area contributed by atoms with Crippen molar-refractivity contribution in [2.24, 2.45) is 0 Å². The van der Waals surface area contributed by atoms with Crippen molar-refractivity contribution in [3.8, 4) is 0 Å². The molecule has 0 aromatic heterocycles. The maximum absolute atomic E-state index is 13.4. The van der Waals surface area contributed by atoms with E-state index in [0.29, 0.717) is 6.42 Å². The molecule has 0 saturated carbocycles. The van der Waals surface area contributed by atoms with Gasteiger partial charge in [0.1, 0.15) is 5.72 Å². The van der Waals surface area contributed by atoms with Crippen LogP contribution in [-0.4, -0.2) is 56.3 Å². The third kappa shape index (κ3) is 4.35. The van der Waals surface area contributed by atoms with Crippen LogP contribution in [0.2, 0.25) is 0 Å². The molecule has 1 saturated heterocycles. The number of ether oxygens (including phenoxy) is 1. The van der Waals surface area contributed by atoms with Gasteiger partial charge in [-0.3, -0.25) is 4.79 Å². The second-order valence-corrected chi connectivity index (χ2v) is 12.1. The highest BCUT2D eigenvalue weighted by Gasteiger charge is 2.49. The largest absolute Gasteiger partial charge is 0.358 e. The SMILES string of the molecule is CC1(C)OC[C@@H](CC2=CCCN(S(=O)(=O)c3ccccc3)C2=O)N1S(=O)(=O)c1ccccc1. The van der Waals surface area contributed by atoms with E-state index in [2.05, 4.69) is 0 Å². The summed E-state index contributed by atoms with van der Waals surface area (Å²) >= 11 is 0. The molecule has 1 amide bonds. The van der Waals surface area contributed by atoms with E-state index >= 15 is 0 Å². The van der Waals surface area contributed by atoms with E-state index in [9.17, 15) is 21.6 Å². The molecule has 2 aliphatic heterocycles. The molecule has 0 bridgehead atoms. The number of rotatable bonds is 6. The van der Waals surface area contributed by atoms with E-state index in [1.165, 1.54) is 28.6 Å². The summed E-state index contributed by atoms with van der Waals surface area (Å²) < 4.78 is 60.9. The van der Waals surface area contributed by atoms with Crippen molar-refractivity contribution in [3.05, 3.63) is 72.3 Å². The zero-order valence-electron chi connectivity index (χ0n) is 18.4. The second kappa shape index (κ2) is 8.68. The summed E-state index contributed by atoms with van der Waals surface area (Å²) in [4.78, 5) is 13.4. The third-order valence-corrected chi connectivity index (χ3v) is 9.72. The van der Waals surface area contributed by atoms with Crippen molar-refractivity contribution >= 4 is 26.0 Å². The zero-order valence-corrected chi connectivity index (χ0v) is 20.1. The Morgan fingerprint density at radius 3 is 2.03 bits per heavy atom. The molecule has 176 valence electrons. The fraction of sp³-hybridized carbons (Fsp3) is 0.348. The van der Waals surface area contributed by atoms with Crippen molar-refractivity contribution in [2.45, 2.75) is 48.2 Å². The molecule has 0 N–H and O–H groups in total. The highest BCUT2D eigenvalue weighted by Crippen LogP contribution is 2.37. The Bertz CT molecular complexity index is 1270. The van der Waals surface area contributed by atoms with Gasteiger partial charge in [0.25, 0.3) is 15.9 Å². The molecule has 33 heavy (non-hydrogen) atoms. The average molecular weight is 491 g/mol. The molecule has 0 spiro atoms. The number of nitrogens with zero attached hydrogens (tertiary/aromatic N) is 2. The molecular formula is C23H26N2O6S2. The topological polar surface area (TPSA) is 101 Å². The molecular weight excluding hydrogens is 464 g/mol. The normalized spacial score (nSPS) is 21.8. The van der Waals surface area contributed by atoms with Gasteiger partial charge in [-0.1, -0.05) is 42.5 Å². The van der Waals surface area contributed by atoms with Crippen LogP contribution >= 0.6 is 0 Å². The monoisotopic (exact) mass is 490 g/mol. The maximum atomic E-state index is 13.4. The number of hydrogen-bond donors (Lipinski definition) is 0. The minimum Gasteiger partial charge on any atom is -0.358 e. The summed E-state index contributed by atoms with van der Waals surface area (Å²) in [5, 5.41) is 0. The van der Waals surface area contributed by atoms with E-state index < -0.39 is 37.7 Å². The van der Waals surface area contributed by atoms with E-state index in [0.717, 1.165) is 4.31 Å². The summed E-state index contributed by atoms with van der Waals surface area (Å²) in [6.45, 7) is 3.46. The Morgan fingerprint density at radius 2 is 1.45 bits per heavy atom. The van der Waals surface area contributed by atoms with Gasteiger partial charge in [-0.15, -0.1) is 0 Å². The number of carbonyl (C=O) groups excluding carboxylic acids is 1. The Kier molecular flexibility index (Phi) is 6.21. The van der Waals surface area contributed by atoms with Crippen molar-refractivity contribution in [2.75, 3.05) is 13.2 Å². The first-order valence-corrected chi connectivity index (χ1v) is 13.5. The lowest BCUT2D eigenvalue weighted by atomic mass is 10.0. The van der Waals surface area contributed by atoms with Gasteiger partial charge in [0.15, 0.2) is 0 Å². The fourth-order valence-electron chi connectivity index (χ4n) is 4.28. The van der Waals surface area contributed by atoms with Gasteiger partial charge in [0.05, 0.1) is 22.4 Å². The molecule has 2 heterocycles. The first-order chi connectivity index (χ1) is 15.5. The van der Waals surface area contributed by atoms with E-state index in [1.807, 2.05) is 0 Å². The molecule has 10 heteroatoms. The number of sulfonamides is 2. The Labute approximate surface area is 194 Å². The predicted octanol–water partition coefficient (Wildman–Crippen LogP) is 2.75. The third-order valence-electron chi connectivity index (χ3n) is 5.80. The molecule has 0 radical (unpaired) electrons. The average Bonchev–Trinajstić information content (AvgIpc) is 3.10. The van der Waals surface area contributed by atoms with Gasteiger partial charge in [0, 0.05) is 12.1 Å². The van der Waals surface area contributed by atoms with Crippen LogP contribution in [0.25, 0.3) is 0 Å². The van der Waals surface area contributed by atoms with Crippen molar-refractivity contribution in [1.82, 2.24) is 8.61 Å². The fourth-order valence-corrected chi connectivity index (χ4v) is 7.61. The minimum atomic E-state index is -4.01. The molecule has 1 fully saturated rings. The van der Waals surface area contributed by atoms with Gasteiger partial charge in [-0.2, -0.15) is 4.31 Å². The van der Waals surface area contributed by atoms with Crippen LogP contribution in [0.5, 0.6) is 0 Å². The lowest BCUT2D eigenvalue weighted by Crippen LogP contribution is -2.48. The molecule has 4 rings (SSSR count). The van der Waals surface area contributed by atoms with Gasteiger partial charge in [-0.05, 0) is 51.0 Å². The Balaban J connectivity index is 1.61. The van der Waals surface area contributed by atoms with Crippen LogP contribution in [0, 0.1) is 0 Å². The van der Waals surface area contributed by atoms with Gasteiger partial charge < -0.3 is 4.74 Å². The quantitative estimate of drug-likeness (QED) is 0.617. The van der Waals surface area contributed by atoms with Crippen molar-refractivity contribution in [1.29, 1.82) is 0 Å². The highest BCUT2D eigenvalue weighted by atomic mass is 32.2. The smallest absolute Gasteiger partial charge is 0.266 e. The van der Waals surface area contributed by atoms with Crippen molar-refractivity contribution < 1.29 is 26.4 Å². The summed E-state index contributed by atoms with van der Waals surface area (Å²) in [5.74, 6) is -0.633. The second-order valence-electron chi connectivity index (χ2n) is 8.44. The summed E-state index contributed by atoms with van der Waals surface area (Å²) in [5.41, 5.74) is -0.853.